The Labute approximate surface area is 154 Å². The van der Waals surface area contributed by atoms with E-state index in [1.165, 1.54) is 16.4 Å². The van der Waals surface area contributed by atoms with Crippen LogP contribution in [0.25, 0.3) is 0 Å². The van der Waals surface area contributed by atoms with Crippen LogP contribution in [0.5, 0.6) is 0 Å². The number of anilines is 1. The van der Waals surface area contributed by atoms with Gasteiger partial charge in [0.1, 0.15) is 0 Å². The molecule has 0 aliphatic rings. The van der Waals surface area contributed by atoms with E-state index in [4.69, 9.17) is 16.7 Å². The molecular formula is C16H15BrClNO4S. The zero-order valence-corrected chi connectivity index (χ0v) is 15.7. The van der Waals surface area contributed by atoms with Crippen LogP contribution in [0.3, 0.4) is 0 Å². The summed E-state index contributed by atoms with van der Waals surface area (Å²) in [6.45, 7) is 0.0618. The first-order valence-corrected chi connectivity index (χ1v) is 9.67. The number of rotatable bonds is 7. The van der Waals surface area contributed by atoms with Crippen molar-refractivity contribution in [3.8, 4) is 0 Å². The molecule has 0 saturated carbocycles. The zero-order valence-electron chi connectivity index (χ0n) is 12.5. The fraction of sp³-hybridized carbons (Fsp3) is 0.188. The van der Waals surface area contributed by atoms with Crippen LogP contribution in [-0.2, 0) is 14.8 Å². The molecule has 0 saturated heterocycles. The van der Waals surface area contributed by atoms with Gasteiger partial charge in [0.05, 0.1) is 10.6 Å². The molecule has 128 valence electrons. The van der Waals surface area contributed by atoms with Crippen molar-refractivity contribution in [1.82, 2.24) is 0 Å². The number of carboxylic acids is 1. The van der Waals surface area contributed by atoms with Crippen LogP contribution >= 0.6 is 27.5 Å². The predicted octanol–water partition coefficient (Wildman–Crippen LogP) is 4.16. The van der Waals surface area contributed by atoms with Gasteiger partial charge in [0.15, 0.2) is 0 Å². The van der Waals surface area contributed by atoms with Gasteiger partial charge in [0, 0.05) is 22.5 Å². The molecule has 0 heterocycles. The van der Waals surface area contributed by atoms with Crippen LogP contribution in [0.15, 0.2) is 57.9 Å². The van der Waals surface area contributed by atoms with Gasteiger partial charge in [-0.05, 0) is 55.0 Å². The van der Waals surface area contributed by atoms with Gasteiger partial charge in [-0.25, -0.2) is 8.42 Å². The lowest BCUT2D eigenvalue weighted by atomic mass is 10.3. The maximum Gasteiger partial charge on any atom is 0.303 e. The number of halogens is 2. The first kappa shape index (κ1) is 18.8. The van der Waals surface area contributed by atoms with Gasteiger partial charge in [-0.1, -0.05) is 27.5 Å². The Kier molecular flexibility index (Phi) is 6.26. The molecule has 1 N–H and O–H groups in total. The van der Waals surface area contributed by atoms with E-state index < -0.39 is 16.0 Å². The highest BCUT2D eigenvalue weighted by molar-refractivity contribution is 9.10. The summed E-state index contributed by atoms with van der Waals surface area (Å²) in [7, 11) is -3.81. The lowest BCUT2D eigenvalue weighted by Crippen LogP contribution is -2.32. The number of hydrogen-bond acceptors (Lipinski definition) is 3. The summed E-state index contributed by atoms with van der Waals surface area (Å²) in [6, 6.07) is 12.7. The van der Waals surface area contributed by atoms with E-state index in [9.17, 15) is 13.2 Å². The molecule has 24 heavy (non-hydrogen) atoms. The number of nitrogens with zero attached hydrogens (tertiary/aromatic N) is 1. The number of hydrogen-bond donors (Lipinski definition) is 1. The molecule has 8 heteroatoms. The monoisotopic (exact) mass is 431 g/mol. The Balaban J connectivity index is 2.38. The van der Waals surface area contributed by atoms with E-state index >= 15 is 0 Å². The molecule has 2 rings (SSSR count). The average Bonchev–Trinajstić information content (AvgIpc) is 2.53. The second-order valence-corrected chi connectivity index (χ2v) is 8.22. The third-order valence-electron chi connectivity index (χ3n) is 3.27. The molecule has 0 fully saturated rings. The van der Waals surface area contributed by atoms with Crippen molar-refractivity contribution in [3.05, 3.63) is 58.0 Å². The summed E-state index contributed by atoms with van der Waals surface area (Å²) in [5, 5.41) is 9.28. The minimum Gasteiger partial charge on any atom is -0.481 e. The predicted molar refractivity (Wildman–Crippen MR) is 97.0 cm³/mol. The molecule has 2 aromatic carbocycles. The van der Waals surface area contributed by atoms with Crippen molar-refractivity contribution >= 4 is 49.2 Å². The summed E-state index contributed by atoms with van der Waals surface area (Å²) < 4.78 is 27.8. The highest BCUT2D eigenvalue weighted by Gasteiger charge is 2.24. The third kappa shape index (κ3) is 4.72. The quantitative estimate of drug-likeness (QED) is 0.713. The Morgan fingerprint density at radius 3 is 2.21 bits per heavy atom. The van der Waals surface area contributed by atoms with Crippen LogP contribution in [-0.4, -0.2) is 26.0 Å². The zero-order chi connectivity index (χ0) is 17.7. The normalized spacial score (nSPS) is 11.2. The standard InChI is InChI=1S/C16H15BrClNO4S/c17-12-3-9-15(10-4-12)24(22,23)19(11-1-2-16(20)21)14-7-5-13(18)6-8-14/h3-10H,1-2,11H2,(H,20,21). The minimum absolute atomic E-state index is 0.0618. The van der Waals surface area contributed by atoms with Crippen molar-refractivity contribution in [3.63, 3.8) is 0 Å². The van der Waals surface area contributed by atoms with Gasteiger partial charge >= 0.3 is 5.97 Å². The van der Waals surface area contributed by atoms with Gasteiger partial charge in [-0.15, -0.1) is 0 Å². The smallest absolute Gasteiger partial charge is 0.303 e. The van der Waals surface area contributed by atoms with Crippen molar-refractivity contribution in [2.45, 2.75) is 17.7 Å². The van der Waals surface area contributed by atoms with Crippen LogP contribution in [0.1, 0.15) is 12.8 Å². The van der Waals surface area contributed by atoms with Gasteiger partial charge < -0.3 is 5.11 Å². The minimum atomic E-state index is -3.81. The van der Waals surface area contributed by atoms with Crippen LogP contribution in [0.4, 0.5) is 5.69 Å². The van der Waals surface area contributed by atoms with Crippen LogP contribution in [0, 0.1) is 0 Å². The second kappa shape index (κ2) is 8.00. The molecule has 2 aromatic rings. The highest BCUT2D eigenvalue weighted by Crippen LogP contribution is 2.26. The highest BCUT2D eigenvalue weighted by atomic mass is 79.9. The summed E-state index contributed by atoms with van der Waals surface area (Å²) in [5.74, 6) is -0.966. The number of carboxylic acid groups (broad SMARTS) is 1. The molecule has 0 spiro atoms. The summed E-state index contributed by atoms with van der Waals surface area (Å²) in [4.78, 5) is 10.9. The average molecular weight is 433 g/mol. The lowest BCUT2D eigenvalue weighted by molar-refractivity contribution is -0.137. The van der Waals surface area contributed by atoms with E-state index in [0.717, 1.165) is 4.47 Å². The Bertz CT molecular complexity index is 807. The number of carbonyl (C=O) groups is 1. The van der Waals surface area contributed by atoms with E-state index in [2.05, 4.69) is 15.9 Å². The fourth-order valence-electron chi connectivity index (χ4n) is 2.10. The van der Waals surface area contributed by atoms with Crippen molar-refractivity contribution in [1.29, 1.82) is 0 Å². The summed E-state index contributed by atoms with van der Waals surface area (Å²) in [6.07, 6.45) is 0.0909. The lowest BCUT2D eigenvalue weighted by Gasteiger charge is -2.24. The van der Waals surface area contributed by atoms with Crippen molar-refractivity contribution < 1.29 is 18.3 Å². The van der Waals surface area contributed by atoms with Crippen molar-refractivity contribution in [2.75, 3.05) is 10.8 Å². The maximum atomic E-state index is 12.9. The van der Waals surface area contributed by atoms with E-state index in [1.54, 1.807) is 36.4 Å². The largest absolute Gasteiger partial charge is 0.481 e. The SMILES string of the molecule is O=C(O)CCCN(c1ccc(Cl)cc1)S(=O)(=O)c1ccc(Br)cc1. The molecule has 0 amide bonds. The molecule has 0 bridgehead atoms. The van der Waals surface area contributed by atoms with Gasteiger partial charge in [0.25, 0.3) is 10.0 Å². The summed E-state index contributed by atoms with van der Waals surface area (Å²) in [5.41, 5.74) is 0.438. The van der Waals surface area contributed by atoms with E-state index in [0.29, 0.717) is 10.7 Å². The maximum absolute atomic E-state index is 12.9. The first-order valence-electron chi connectivity index (χ1n) is 7.06. The van der Waals surface area contributed by atoms with Crippen LogP contribution in [0.2, 0.25) is 5.02 Å². The Hall–Kier alpha value is -1.57. The Morgan fingerprint density at radius 1 is 1.08 bits per heavy atom. The fourth-order valence-corrected chi connectivity index (χ4v) is 4.00. The van der Waals surface area contributed by atoms with Gasteiger partial charge in [-0.3, -0.25) is 9.10 Å². The van der Waals surface area contributed by atoms with Crippen LogP contribution < -0.4 is 4.31 Å². The van der Waals surface area contributed by atoms with E-state index in [1.807, 2.05) is 0 Å². The molecule has 0 radical (unpaired) electrons. The molecule has 0 unspecified atom stereocenters. The second-order valence-electron chi connectivity index (χ2n) is 5.00. The van der Waals surface area contributed by atoms with Gasteiger partial charge in [-0.2, -0.15) is 0 Å². The molecule has 0 aromatic heterocycles. The molecule has 5 nitrogen and oxygen atoms in total. The topological polar surface area (TPSA) is 74.7 Å². The molecular weight excluding hydrogens is 418 g/mol. The van der Waals surface area contributed by atoms with Gasteiger partial charge in [0.2, 0.25) is 0 Å². The third-order valence-corrected chi connectivity index (χ3v) is 5.89. The number of benzene rings is 2. The number of aliphatic carboxylic acids is 1. The summed E-state index contributed by atoms with van der Waals surface area (Å²) >= 11 is 9.13. The van der Waals surface area contributed by atoms with Crippen molar-refractivity contribution in [2.24, 2.45) is 0 Å². The Morgan fingerprint density at radius 2 is 1.67 bits per heavy atom. The molecule has 0 aliphatic carbocycles. The molecule has 0 atom stereocenters. The molecule has 0 aliphatic heterocycles. The van der Waals surface area contributed by atoms with E-state index in [-0.39, 0.29) is 24.3 Å². The first-order chi connectivity index (χ1) is 11.3. The number of sulfonamides is 1.